The molecule has 2 heterocycles. The number of benzene rings is 2. The van der Waals surface area contributed by atoms with Crippen LogP contribution < -0.4 is 9.47 Å². The van der Waals surface area contributed by atoms with Crippen molar-refractivity contribution in [3.8, 4) is 11.5 Å². The minimum atomic E-state index is -0.331. The SMILES string of the molecule is CC(=O)Oc1ccc(C2=Cc3ccc(C)cc3OC2c2nccs2)cc1. The van der Waals surface area contributed by atoms with Gasteiger partial charge in [0.1, 0.15) is 16.5 Å². The van der Waals surface area contributed by atoms with Crippen LogP contribution in [0.25, 0.3) is 11.6 Å². The van der Waals surface area contributed by atoms with Crippen LogP contribution in [0, 0.1) is 6.92 Å². The van der Waals surface area contributed by atoms with Crippen molar-refractivity contribution < 1.29 is 14.3 Å². The van der Waals surface area contributed by atoms with Crippen LogP contribution in [0.4, 0.5) is 0 Å². The number of esters is 1. The van der Waals surface area contributed by atoms with E-state index in [9.17, 15) is 4.79 Å². The molecule has 1 aliphatic heterocycles. The Labute approximate surface area is 155 Å². The highest BCUT2D eigenvalue weighted by molar-refractivity contribution is 7.09. The van der Waals surface area contributed by atoms with Crippen molar-refractivity contribution in [1.29, 1.82) is 0 Å². The first-order valence-electron chi connectivity index (χ1n) is 8.27. The first-order chi connectivity index (χ1) is 12.6. The quantitative estimate of drug-likeness (QED) is 0.482. The molecule has 0 fully saturated rings. The summed E-state index contributed by atoms with van der Waals surface area (Å²) in [7, 11) is 0. The van der Waals surface area contributed by atoms with E-state index in [-0.39, 0.29) is 12.1 Å². The lowest BCUT2D eigenvalue weighted by molar-refractivity contribution is -0.131. The van der Waals surface area contributed by atoms with Gasteiger partial charge in [-0.05, 0) is 42.3 Å². The molecular formula is C21H17NO3S. The van der Waals surface area contributed by atoms with Gasteiger partial charge in [0.2, 0.25) is 0 Å². The number of carbonyl (C=O) groups is 1. The topological polar surface area (TPSA) is 48.4 Å². The van der Waals surface area contributed by atoms with Crippen molar-refractivity contribution >= 4 is 29.0 Å². The van der Waals surface area contributed by atoms with Gasteiger partial charge in [-0.2, -0.15) is 0 Å². The fourth-order valence-corrected chi connectivity index (χ4v) is 3.64. The van der Waals surface area contributed by atoms with Crippen LogP contribution in [0.15, 0.2) is 54.0 Å². The Morgan fingerprint density at radius 3 is 2.69 bits per heavy atom. The van der Waals surface area contributed by atoms with E-state index >= 15 is 0 Å². The van der Waals surface area contributed by atoms with E-state index in [1.165, 1.54) is 6.92 Å². The second-order valence-electron chi connectivity index (χ2n) is 6.13. The number of aromatic nitrogens is 1. The molecule has 3 aromatic rings. The van der Waals surface area contributed by atoms with Gasteiger partial charge in [-0.3, -0.25) is 4.79 Å². The van der Waals surface area contributed by atoms with E-state index in [0.717, 1.165) is 33.0 Å². The predicted molar refractivity (Wildman–Crippen MR) is 102 cm³/mol. The molecular weight excluding hydrogens is 346 g/mol. The Morgan fingerprint density at radius 2 is 2.00 bits per heavy atom. The van der Waals surface area contributed by atoms with Crippen molar-refractivity contribution in [1.82, 2.24) is 4.98 Å². The van der Waals surface area contributed by atoms with Gasteiger partial charge >= 0.3 is 5.97 Å². The molecule has 1 unspecified atom stereocenters. The lowest BCUT2D eigenvalue weighted by Crippen LogP contribution is -2.14. The maximum absolute atomic E-state index is 11.1. The van der Waals surface area contributed by atoms with E-state index in [1.807, 2.05) is 23.6 Å². The van der Waals surface area contributed by atoms with Gasteiger partial charge in [-0.15, -0.1) is 11.3 Å². The molecule has 1 aromatic heterocycles. The summed E-state index contributed by atoms with van der Waals surface area (Å²) in [6.07, 6.45) is 3.67. The third-order valence-electron chi connectivity index (χ3n) is 4.13. The summed E-state index contributed by atoms with van der Waals surface area (Å²) < 4.78 is 11.4. The molecule has 0 bridgehead atoms. The first kappa shape index (κ1) is 16.5. The zero-order valence-electron chi connectivity index (χ0n) is 14.4. The van der Waals surface area contributed by atoms with Crippen LogP contribution in [0.3, 0.4) is 0 Å². The summed E-state index contributed by atoms with van der Waals surface area (Å²) in [6, 6.07) is 13.6. The molecule has 2 aromatic carbocycles. The van der Waals surface area contributed by atoms with Gasteiger partial charge in [0.15, 0.2) is 6.10 Å². The van der Waals surface area contributed by atoms with Gasteiger partial charge in [0.05, 0.1) is 0 Å². The summed E-state index contributed by atoms with van der Waals surface area (Å²) in [6.45, 7) is 3.44. The molecule has 0 saturated carbocycles. The third-order valence-corrected chi connectivity index (χ3v) is 4.95. The van der Waals surface area contributed by atoms with Crippen molar-refractivity contribution in [2.24, 2.45) is 0 Å². The van der Waals surface area contributed by atoms with Crippen molar-refractivity contribution in [2.75, 3.05) is 0 Å². The van der Waals surface area contributed by atoms with Crippen molar-refractivity contribution in [2.45, 2.75) is 20.0 Å². The monoisotopic (exact) mass is 363 g/mol. The lowest BCUT2D eigenvalue weighted by Gasteiger charge is -2.26. The van der Waals surface area contributed by atoms with Crippen molar-refractivity contribution in [3.05, 3.63) is 75.7 Å². The molecule has 0 N–H and O–H groups in total. The van der Waals surface area contributed by atoms with Gasteiger partial charge in [-0.25, -0.2) is 4.98 Å². The Kier molecular flexibility index (Phi) is 4.31. The molecule has 0 saturated heterocycles. The van der Waals surface area contributed by atoms with Gasteiger partial charge in [-0.1, -0.05) is 24.3 Å². The average molecular weight is 363 g/mol. The molecule has 1 aliphatic rings. The Hall–Kier alpha value is -2.92. The van der Waals surface area contributed by atoms with Crippen LogP contribution in [0.5, 0.6) is 11.5 Å². The summed E-state index contributed by atoms with van der Waals surface area (Å²) >= 11 is 1.57. The molecule has 4 nitrogen and oxygen atoms in total. The van der Waals surface area contributed by atoms with E-state index < -0.39 is 0 Å². The zero-order chi connectivity index (χ0) is 18.1. The normalized spacial score (nSPS) is 15.6. The van der Waals surface area contributed by atoms with E-state index in [0.29, 0.717) is 5.75 Å². The number of hydrogen-bond donors (Lipinski definition) is 0. The molecule has 0 amide bonds. The summed E-state index contributed by atoms with van der Waals surface area (Å²) in [5.74, 6) is 1.06. The van der Waals surface area contributed by atoms with E-state index in [4.69, 9.17) is 9.47 Å². The Balaban J connectivity index is 1.77. The average Bonchev–Trinajstić information content (AvgIpc) is 3.15. The number of thiazole rings is 1. The van der Waals surface area contributed by atoms with Gasteiger partial charge < -0.3 is 9.47 Å². The van der Waals surface area contributed by atoms with Crippen LogP contribution in [-0.2, 0) is 4.79 Å². The largest absolute Gasteiger partial charge is 0.478 e. The van der Waals surface area contributed by atoms with E-state index in [1.54, 1.807) is 29.7 Å². The summed E-state index contributed by atoms with van der Waals surface area (Å²) in [5.41, 5.74) is 4.24. The lowest BCUT2D eigenvalue weighted by atomic mass is 9.94. The molecule has 0 aliphatic carbocycles. The second-order valence-corrected chi connectivity index (χ2v) is 7.05. The van der Waals surface area contributed by atoms with Crippen LogP contribution >= 0.6 is 11.3 Å². The molecule has 0 radical (unpaired) electrons. The molecule has 5 heteroatoms. The number of aryl methyl sites for hydroxylation is 1. The molecule has 130 valence electrons. The maximum atomic E-state index is 11.1. The highest BCUT2D eigenvalue weighted by Crippen LogP contribution is 2.43. The molecule has 4 rings (SSSR count). The molecule has 1 atom stereocenters. The van der Waals surface area contributed by atoms with E-state index in [2.05, 4.69) is 30.1 Å². The Morgan fingerprint density at radius 1 is 1.19 bits per heavy atom. The Bertz CT molecular complexity index is 975. The second kappa shape index (κ2) is 6.77. The van der Waals surface area contributed by atoms with Crippen molar-refractivity contribution in [3.63, 3.8) is 0 Å². The minimum Gasteiger partial charge on any atom is -0.478 e. The fraction of sp³-hybridized carbons (Fsp3) is 0.143. The fourth-order valence-electron chi connectivity index (χ4n) is 2.96. The number of ether oxygens (including phenoxy) is 2. The highest BCUT2D eigenvalue weighted by atomic mass is 32.1. The molecule has 0 spiro atoms. The summed E-state index contributed by atoms with van der Waals surface area (Å²) in [4.78, 5) is 15.6. The number of hydrogen-bond acceptors (Lipinski definition) is 5. The standard InChI is InChI=1S/C21H17NO3S/c1-13-3-4-16-12-18(15-5-7-17(8-6-15)24-14(2)23)20(25-19(16)11-13)21-22-9-10-26-21/h3-12,20H,1-2H3. The number of fused-ring (bicyclic) bond motifs is 1. The van der Waals surface area contributed by atoms with Gasteiger partial charge in [0.25, 0.3) is 0 Å². The maximum Gasteiger partial charge on any atom is 0.308 e. The predicted octanol–water partition coefficient (Wildman–Crippen LogP) is 5.05. The highest BCUT2D eigenvalue weighted by Gasteiger charge is 2.27. The molecule has 26 heavy (non-hydrogen) atoms. The van der Waals surface area contributed by atoms with Gasteiger partial charge in [0, 0.05) is 29.6 Å². The number of nitrogens with zero attached hydrogens (tertiary/aromatic N) is 1. The number of carbonyl (C=O) groups excluding carboxylic acids is 1. The summed E-state index contributed by atoms with van der Waals surface area (Å²) in [5, 5.41) is 2.86. The zero-order valence-corrected chi connectivity index (χ0v) is 15.2. The van der Waals surface area contributed by atoms with Crippen LogP contribution in [0.1, 0.15) is 34.7 Å². The third kappa shape index (κ3) is 3.26. The minimum absolute atomic E-state index is 0.260. The first-order valence-corrected chi connectivity index (χ1v) is 9.15. The smallest absolute Gasteiger partial charge is 0.308 e. The van der Waals surface area contributed by atoms with Crippen LogP contribution in [0.2, 0.25) is 0 Å². The van der Waals surface area contributed by atoms with Crippen LogP contribution in [-0.4, -0.2) is 11.0 Å². The number of rotatable bonds is 3.